The molecular weight excluding hydrogens is 306 g/mol. The second kappa shape index (κ2) is 5.54. The van der Waals surface area contributed by atoms with Gasteiger partial charge in [-0.05, 0) is 47.5 Å². The zero-order valence-electron chi connectivity index (χ0n) is 11.7. The lowest BCUT2D eigenvalue weighted by atomic mass is 10.1. The van der Waals surface area contributed by atoms with Gasteiger partial charge in [0.25, 0.3) is 0 Å². The summed E-state index contributed by atoms with van der Waals surface area (Å²) in [5.74, 6) is 0.807. The van der Waals surface area contributed by atoms with Crippen LogP contribution in [0, 0.1) is 5.92 Å². The van der Waals surface area contributed by atoms with Gasteiger partial charge in [-0.3, -0.25) is 4.68 Å². The first-order chi connectivity index (χ1) is 9.20. The van der Waals surface area contributed by atoms with Crippen LogP contribution in [0.2, 0.25) is 0 Å². The molecule has 5 heteroatoms. The van der Waals surface area contributed by atoms with Gasteiger partial charge >= 0.3 is 0 Å². The van der Waals surface area contributed by atoms with Crippen LogP contribution in [-0.2, 0) is 24.8 Å². The summed E-state index contributed by atoms with van der Waals surface area (Å²) in [5, 5.41) is 8.21. The molecule has 1 N–H and O–H groups in total. The first-order valence-corrected chi connectivity index (χ1v) is 8.05. The van der Waals surface area contributed by atoms with E-state index in [4.69, 9.17) is 4.74 Å². The monoisotopic (exact) mass is 327 g/mol. The summed E-state index contributed by atoms with van der Waals surface area (Å²) < 4.78 is 9.01. The van der Waals surface area contributed by atoms with Gasteiger partial charge in [0.1, 0.15) is 0 Å². The van der Waals surface area contributed by atoms with E-state index >= 15 is 0 Å². The van der Waals surface area contributed by atoms with E-state index in [0.717, 1.165) is 42.1 Å². The van der Waals surface area contributed by atoms with Gasteiger partial charge < -0.3 is 10.1 Å². The highest BCUT2D eigenvalue weighted by molar-refractivity contribution is 9.10. The summed E-state index contributed by atoms with van der Waals surface area (Å²) in [6, 6.07) is 0.513. The van der Waals surface area contributed by atoms with Crippen molar-refractivity contribution in [2.24, 2.45) is 13.0 Å². The lowest BCUT2D eigenvalue weighted by Crippen LogP contribution is -2.37. The fourth-order valence-corrected chi connectivity index (χ4v) is 3.72. The molecule has 0 amide bonds. The third-order valence-electron chi connectivity index (χ3n) is 4.26. The molecule has 1 saturated carbocycles. The third kappa shape index (κ3) is 2.73. The molecule has 1 aromatic rings. The van der Waals surface area contributed by atoms with E-state index in [9.17, 15) is 0 Å². The van der Waals surface area contributed by atoms with Crippen LogP contribution in [0.4, 0.5) is 0 Å². The Balaban J connectivity index is 1.64. The van der Waals surface area contributed by atoms with Crippen LogP contribution < -0.4 is 5.32 Å². The SMILES string of the molecule is CCc1nn(C)c(CNC2CCOC2C2CC2)c1Br. The van der Waals surface area contributed by atoms with E-state index in [1.165, 1.54) is 18.5 Å². The van der Waals surface area contributed by atoms with Gasteiger partial charge in [0.2, 0.25) is 0 Å². The molecule has 0 aromatic carbocycles. The molecular formula is C14H22BrN3O. The molecule has 2 aliphatic rings. The molecule has 3 rings (SSSR count). The Morgan fingerprint density at radius 2 is 2.21 bits per heavy atom. The van der Waals surface area contributed by atoms with E-state index < -0.39 is 0 Å². The number of hydrogen-bond donors (Lipinski definition) is 1. The maximum atomic E-state index is 5.87. The Kier molecular flexibility index (Phi) is 3.96. The van der Waals surface area contributed by atoms with Crippen molar-refractivity contribution in [2.75, 3.05) is 6.61 Å². The summed E-state index contributed by atoms with van der Waals surface area (Å²) in [6.07, 6.45) is 5.23. The molecule has 0 radical (unpaired) electrons. The van der Waals surface area contributed by atoms with E-state index in [-0.39, 0.29) is 0 Å². The molecule has 0 bridgehead atoms. The van der Waals surface area contributed by atoms with Crippen LogP contribution in [0.3, 0.4) is 0 Å². The molecule has 2 atom stereocenters. The first kappa shape index (κ1) is 13.6. The Hall–Kier alpha value is -0.390. The lowest BCUT2D eigenvalue weighted by Gasteiger charge is -2.19. The van der Waals surface area contributed by atoms with Crippen molar-refractivity contribution in [3.05, 3.63) is 15.9 Å². The summed E-state index contributed by atoms with van der Waals surface area (Å²) in [6.45, 7) is 3.91. The quantitative estimate of drug-likeness (QED) is 0.902. The maximum Gasteiger partial charge on any atom is 0.0767 e. The summed E-state index contributed by atoms with van der Waals surface area (Å²) in [4.78, 5) is 0. The third-order valence-corrected chi connectivity index (χ3v) is 5.17. The normalized spacial score (nSPS) is 27.1. The average molecular weight is 328 g/mol. The van der Waals surface area contributed by atoms with Gasteiger partial charge in [0.15, 0.2) is 0 Å². The number of halogens is 1. The van der Waals surface area contributed by atoms with Crippen LogP contribution in [0.5, 0.6) is 0 Å². The second-order valence-electron chi connectivity index (χ2n) is 5.63. The predicted molar refractivity (Wildman–Crippen MR) is 78.0 cm³/mol. The summed E-state index contributed by atoms with van der Waals surface area (Å²) in [5.41, 5.74) is 2.37. The van der Waals surface area contributed by atoms with Gasteiger partial charge in [0, 0.05) is 26.2 Å². The van der Waals surface area contributed by atoms with Crippen LogP contribution in [0.15, 0.2) is 4.47 Å². The van der Waals surface area contributed by atoms with Crippen molar-refractivity contribution < 1.29 is 4.74 Å². The van der Waals surface area contributed by atoms with E-state index in [1.54, 1.807) is 0 Å². The fraction of sp³-hybridized carbons (Fsp3) is 0.786. The molecule has 106 valence electrons. The number of ether oxygens (including phenoxy) is 1. The van der Waals surface area contributed by atoms with E-state index in [2.05, 4.69) is 33.3 Å². The first-order valence-electron chi connectivity index (χ1n) is 7.26. The lowest BCUT2D eigenvalue weighted by molar-refractivity contribution is 0.0807. The Bertz CT molecular complexity index is 456. The van der Waals surface area contributed by atoms with Crippen LogP contribution in [0.1, 0.15) is 37.6 Å². The largest absolute Gasteiger partial charge is 0.376 e. The van der Waals surface area contributed by atoms with Crippen molar-refractivity contribution in [1.29, 1.82) is 0 Å². The number of nitrogens with one attached hydrogen (secondary N) is 1. The van der Waals surface area contributed by atoms with Gasteiger partial charge in [0.05, 0.1) is 22.0 Å². The molecule has 1 aliphatic carbocycles. The molecule has 1 aromatic heterocycles. The van der Waals surface area contributed by atoms with Crippen LogP contribution in [-0.4, -0.2) is 28.5 Å². The zero-order valence-corrected chi connectivity index (χ0v) is 13.2. The Morgan fingerprint density at radius 3 is 2.84 bits per heavy atom. The fourth-order valence-electron chi connectivity index (χ4n) is 2.96. The van der Waals surface area contributed by atoms with Gasteiger partial charge in [-0.2, -0.15) is 5.10 Å². The number of hydrogen-bond acceptors (Lipinski definition) is 3. The highest BCUT2D eigenvalue weighted by Gasteiger charge is 2.40. The molecule has 19 heavy (non-hydrogen) atoms. The molecule has 2 fully saturated rings. The highest BCUT2D eigenvalue weighted by Crippen LogP contribution is 2.38. The second-order valence-corrected chi connectivity index (χ2v) is 6.43. The molecule has 1 aliphatic heterocycles. The number of aryl methyl sites for hydroxylation is 2. The predicted octanol–water partition coefficient (Wildman–Crippen LogP) is 2.40. The average Bonchev–Trinajstić information content (AvgIpc) is 3.08. The van der Waals surface area contributed by atoms with E-state index in [1.807, 2.05) is 11.7 Å². The van der Waals surface area contributed by atoms with Crippen LogP contribution in [0.25, 0.3) is 0 Å². The minimum Gasteiger partial charge on any atom is -0.376 e. The molecule has 4 nitrogen and oxygen atoms in total. The number of nitrogens with zero attached hydrogens (tertiary/aromatic N) is 2. The van der Waals surface area contributed by atoms with Crippen molar-refractivity contribution in [3.63, 3.8) is 0 Å². The maximum absolute atomic E-state index is 5.87. The number of aromatic nitrogens is 2. The van der Waals surface area contributed by atoms with Crippen molar-refractivity contribution in [2.45, 2.75) is 51.3 Å². The van der Waals surface area contributed by atoms with E-state index in [0.29, 0.717) is 12.1 Å². The van der Waals surface area contributed by atoms with Gasteiger partial charge in [-0.15, -0.1) is 0 Å². The van der Waals surface area contributed by atoms with Gasteiger partial charge in [-0.1, -0.05) is 6.92 Å². The minimum absolute atomic E-state index is 0.442. The summed E-state index contributed by atoms with van der Waals surface area (Å²) >= 11 is 3.67. The van der Waals surface area contributed by atoms with Crippen molar-refractivity contribution in [1.82, 2.24) is 15.1 Å². The van der Waals surface area contributed by atoms with Crippen molar-refractivity contribution >= 4 is 15.9 Å². The smallest absolute Gasteiger partial charge is 0.0767 e. The minimum atomic E-state index is 0.442. The molecule has 2 unspecified atom stereocenters. The number of rotatable bonds is 5. The highest BCUT2D eigenvalue weighted by atomic mass is 79.9. The summed E-state index contributed by atoms with van der Waals surface area (Å²) in [7, 11) is 2.02. The molecule has 0 spiro atoms. The van der Waals surface area contributed by atoms with Gasteiger partial charge in [-0.25, -0.2) is 0 Å². The Morgan fingerprint density at radius 1 is 1.42 bits per heavy atom. The van der Waals surface area contributed by atoms with Crippen LogP contribution >= 0.6 is 15.9 Å². The molecule has 1 saturated heterocycles. The Labute approximate surface area is 123 Å². The molecule has 2 heterocycles. The van der Waals surface area contributed by atoms with Crippen molar-refractivity contribution in [3.8, 4) is 0 Å². The zero-order chi connectivity index (χ0) is 13.4. The topological polar surface area (TPSA) is 39.1 Å². The standard InChI is InChI=1S/C14H22BrN3O/c1-3-10-13(15)12(18(2)17-10)8-16-11-6-7-19-14(11)9-4-5-9/h9,11,14,16H,3-8H2,1-2H3.